The third kappa shape index (κ3) is 3.22. The third-order valence-corrected chi connectivity index (χ3v) is 5.60. The molecular weight excluding hydrogens is 358 g/mol. The summed E-state index contributed by atoms with van der Waals surface area (Å²) >= 11 is 0. The fourth-order valence-electron chi connectivity index (χ4n) is 4.17. The number of carbonyl (C=O) groups excluding carboxylic acids is 2. The van der Waals surface area contributed by atoms with Crippen molar-refractivity contribution in [3.05, 3.63) is 42.2 Å². The van der Waals surface area contributed by atoms with Gasteiger partial charge in [0.2, 0.25) is 0 Å². The van der Waals surface area contributed by atoms with Crippen LogP contribution in [-0.4, -0.2) is 56.1 Å². The van der Waals surface area contributed by atoms with Gasteiger partial charge in [-0.3, -0.25) is 9.59 Å². The van der Waals surface area contributed by atoms with Crippen LogP contribution in [0.5, 0.6) is 0 Å². The summed E-state index contributed by atoms with van der Waals surface area (Å²) in [6.45, 7) is 5.46. The molecule has 0 bridgehead atoms. The maximum absolute atomic E-state index is 12.8. The molecule has 0 unspecified atom stereocenters. The summed E-state index contributed by atoms with van der Waals surface area (Å²) in [5, 5.41) is 2.94. The molecular formula is C20H27N5O3. The Balaban J connectivity index is 1.52. The number of amides is 2. The molecule has 1 saturated heterocycles. The molecule has 0 radical (unpaired) electrons. The lowest BCUT2D eigenvalue weighted by atomic mass is 9.88. The third-order valence-electron chi connectivity index (χ3n) is 5.60. The van der Waals surface area contributed by atoms with Crippen molar-refractivity contribution in [1.82, 2.24) is 24.3 Å². The molecule has 1 N–H and O–H groups in total. The minimum Gasteiger partial charge on any atom is -0.352 e. The zero-order valence-corrected chi connectivity index (χ0v) is 16.6. The lowest BCUT2D eigenvalue weighted by Crippen LogP contribution is -2.55. The summed E-state index contributed by atoms with van der Waals surface area (Å²) in [4.78, 5) is 31.8. The van der Waals surface area contributed by atoms with Crippen LogP contribution in [0, 0.1) is 0 Å². The Hall–Kier alpha value is -2.61. The molecule has 0 saturated carbocycles. The second-order valence-corrected chi connectivity index (χ2v) is 7.96. The van der Waals surface area contributed by atoms with Crippen molar-refractivity contribution in [3.8, 4) is 0 Å². The van der Waals surface area contributed by atoms with Gasteiger partial charge in [0.15, 0.2) is 6.10 Å². The second-order valence-electron chi connectivity index (χ2n) is 7.96. The number of nitrogens with one attached hydrogen (secondary N) is 1. The molecule has 2 aromatic rings. The van der Waals surface area contributed by atoms with E-state index < -0.39 is 11.7 Å². The van der Waals surface area contributed by atoms with Crippen LogP contribution in [-0.2, 0) is 28.7 Å². The monoisotopic (exact) mass is 385 g/mol. The molecule has 1 spiro atoms. The van der Waals surface area contributed by atoms with Gasteiger partial charge in [-0.25, -0.2) is 4.98 Å². The van der Waals surface area contributed by atoms with Gasteiger partial charge in [0, 0.05) is 57.6 Å². The predicted molar refractivity (Wildman–Crippen MR) is 103 cm³/mol. The lowest BCUT2D eigenvalue weighted by Gasteiger charge is -2.45. The van der Waals surface area contributed by atoms with Gasteiger partial charge in [0.05, 0.1) is 6.54 Å². The molecule has 0 aromatic carbocycles. The number of piperidine rings is 1. The maximum atomic E-state index is 12.8. The quantitative estimate of drug-likeness (QED) is 0.863. The number of hydrogen-bond acceptors (Lipinski definition) is 4. The molecule has 2 aliphatic heterocycles. The summed E-state index contributed by atoms with van der Waals surface area (Å²) in [7, 11) is 1.87. The van der Waals surface area contributed by atoms with Crippen LogP contribution in [0.25, 0.3) is 0 Å². The highest BCUT2D eigenvalue weighted by atomic mass is 16.5. The van der Waals surface area contributed by atoms with E-state index in [9.17, 15) is 9.59 Å². The molecule has 2 aromatic heterocycles. The van der Waals surface area contributed by atoms with Gasteiger partial charge in [-0.05, 0) is 26.0 Å². The molecule has 4 rings (SSSR count). The molecule has 28 heavy (non-hydrogen) atoms. The molecule has 0 aliphatic carbocycles. The lowest BCUT2D eigenvalue weighted by molar-refractivity contribution is -0.172. The summed E-state index contributed by atoms with van der Waals surface area (Å²) in [5.74, 6) is 0.777. The summed E-state index contributed by atoms with van der Waals surface area (Å²) in [6.07, 6.45) is 6.20. The number of imidazole rings is 1. The highest BCUT2D eigenvalue weighted by Gasteiger charge is 2.47. The zero-order valence-electron chi connectivity index (χ0n) is 16.6. The van der Waals surface area contributed by atoms with Crippen molar-refractivity contribution in [2.75, 3.05) is 13.1 Å². The van der Waals surface area contributed by atoms with Crippen LogP contribution < -0.4 is 5.32 Å². The van der Waals surface area contributed by atoms with E-state index in [2.05, 4.69) is 10.3 Å². The van der Waals surface area contributed by atoms with E-state index in [0.29, 0.717) is 38.2 Å². The molecule has 4 heterocycles. The molecule has 150 valence electrons. The smallest absolute Gasteiger partial charge is 0.270 e. The Kier molecular flexibility index (Phi) is 4.74. The Labute approximate surface area is 164 Å². The number of likely N-dealkylation sites (tertiary alicyclic amines) is 1. The van der Waals surface area contributed by atoms with Gasteiger partial charge in [-0.1, -0.05) is 0 Å². The van der Waals surface area contributed by atoms with Gasteiger partial charge < -0.3 is 24.1 Å². The van der Waals surface area contributed by atoms with Crippen molar-refractivity contribution in [2.24, 2.45) is 7.05 Å². The van der Waals surface area contributed by atoms with Crippen molar-refractivity contribution < 1.29 is 14.3 Å². The number of fused-ring (bicyclic) bond motifs is 2. The highest BCUT2D eigenvalue weighted by molar-refractivity contribution is 5.92. The van der Waals surface area contributed by atoms with Crippen molar-refractivity contribution in [3.63, 3.8) is 0 Å². The van der Waals surface area contributed by atoms with Gasteiger partial charge >= 0.3 is 0 Å². The fourth-order valence-corrected chi connectivity index (χ4v) is 4.17. The first-order chi connectivity index (χ1) is 13.4. The van der Waals surface area contributed by atoms with E-state index in [4.69, 9.17) is 4.74 Å². The first kappa shape index (κ1) is 18.7. The van der Waals surface area contributed by atoms with Crippen molar-refractivity contribution in [2.45, 2.75) is 51.0 Å². The largest absolute Gasteiger partial charge is 0.352 e. The van der Waals surface area contributed by atoms with Crippen LogP contribution in [0.15, 0.2) is 30.7 Å². The molecule has 2 aliphatic rings. The predicted octanol–water partition coefficient (Wildman–Crippen LogP) is 1.28. The van der Waals surface area contributed by atoms with Gasteiger partial charge in [0.1, 0.15) is 17.1 Å². The molecule has 8 nitrogen and oxygen atoms in total. The molecule has 8 heteroatoms. The summed E-state index contributed by atoms with van der Waals surface area (Å²) in [6, 6.07) is 3.77. The summed E-state index contributed by atoms with van der Waals surface area (Å²) in [5.41, 5.74) is 0.0438. The Morgan fingerprint density at radius 3 is 2.68 bits per heavy atom. The first-order valence-corrected chi connectivity index (χ1v) is 9.80. The Morgan fingerprint density at radius 2 is 2.04 bits per heavy atom. The average molecular weight is 385 g/mol. The number of nitrogens with zero attached hydrogens (tertiary/aromatic N) is 4. The number of ether oxygens (including phenoxy) is 1. The van der Waals surface area contributed by atoms with Gasteiger partial charge in [-0.2, -0.15) is 0 Å². The Morgan fingerprint density at radius 1 is 1.29 bits per heavy atom. The van der Waals surface area contributed by atoms with E-state index in [1.54, 1.807) is 6.20 Å². The van der Waals surface area contributed by atoms with Crippen LogP contribution >= 0.6 is 0 Å². The topological polar surface area (TPSA) is 81.4 Å². The second kappa shape index (κ2) is 7.09. The van der Waals surface area contributed by atoms with Gasteiger partial charge in [-0.15, -0.1) is 0 Å². The minimum atomic E-state index is -0.633. The number of aromatic nitrogens is 3. The standard InChI is InChI=1S/C20H27N5O3/c1-14(2)22-17(26)16-13-25-12-8-21-19(25)20(28-16)6-10-24(11-7-20)18(27)15-5-4-9-23(15)3/h4-5,8-9,12,14,16H,6-7,10-11,13H2,1-3H3,(H,22,26)/t16-/m0/s1. The number of rotatable bonds is 3. The normalized spacial score (nSPS) is 21.0. The molecule has 1 fully saturated rings. The van der Waals surface area contributed by atoms with Crippen molar-refractivity contribution in [1.29, 1.82) is 0 Å². The van der Waals surface area contributed by atoms with Gasteiger partial charge in [0.25, 0.3) is 11.8 Å². The zero-order chi connectivity index (χ0) is 19.9. The first-order valence-electron chi connectivity index (χ1n) is 9.80. The highest BCUT2D eigenvalue weighted by Crippen LogP contribution is 2.40. The minimum absolute atomic E-state index is 0.0237. The number of aryl methyl sites for hydroxylation is 1. The summed E-state index contributed by atoms with van der Waals surface area (Å²) < 4.78 is 10.2. The van der Waals surface area contributed by atoms with Crippen LogP contribution in [0.2, 0.25) is 0 Å². The van der Waals surface area contributed by atoms with E-state index in [1.165, 1.54) is 0 Å². The van der Waals surface area contributed by atoms with E-state index in [-0.39, 0.29) is 17.9 Å². The van der Waals surface area contributed by atoms with Crippen molar-refractivity contribution >= 4 is 11.8 Å². The Bertz CT molecular complexity index is 876. The van der Waals surface area contributed by atoms with Crippen LogP contribution in [0.4, 0.5) is 0 Å². The number of hydrogen-bond donors (Lipinski definition) is 1. The van der Waals surface area contributed by atoms with Crippen LogP contribution in [0.3, 0.4) is 0 Å². The number of carbonyl (C=O) groups is 2. The van der Waals surface area contributed by atoms with E-state index in [0.717, 1.165) is 5.82 Å². The SMILES string of the molecule is CC(C)NC(=O)[C@@H]1Cn2ccnc2C2(CCN(C(=O)c3cccn3C)CC2)O1. The average Bonchev–Trinajstić information content (AvgIpc) is 3.30. The fraction of sp³-hybridized carbons (Fsp3) is 0.550. The molecule has 2 amide bonds. The maximum Gasteiger partial charge on any atom is 0.270 e. The van der Waals surface area contributed by atoms with E-state index >= 15 is 0 Å². The van der Waals surface area contributed by atoms with E-state index in [1.807, 2.05) is 59.5 Å². The van der Waals surface area contributed by atoms with Crippen LogP contribution in [0.1, 0.15) is 43.0 Å². The molecule has 1 atom stereocenters.